The second kappa shape index (κ2) is 3.48. The largest absolute Gasteiger partial charge is 0.354 e. The van der Waals surface area contributed by atoms with Crippen LogP contribution >= 0.6 is 0 Å². The van der Waals surface area contributed by atoms with E-state index in [-0.39, 0.29) is 11.9 Å². The fourth-order valence-electron chi connectivity index (χ4n) is 2.63. The normalized spacial score (nSPS) is 16.5. The lowest BCUT2D eigenvalue weighted by molar-refractivity contribution is 0.0953. The molecule has 17 heavy (non-hydrogen) atoms. The van der Waals surface area contributed by atoms with Crippen LogP contribution in [0.5, 0.6) is 0 Å². The zero-order chi connectivity index (χ0) is 12.0. The lowest BCUT2D eigenvalue weighted by Crippen LogP contribution is -2.22. The number of amides is 1. The number of nitrogens with zero attached hydrogens (tertiary/aromatic N) is 1. The van der Waals surface area contributed by atoms with Crippen molar-refractivity contribution in [2.75, 3.05) is 7.05 Å². The first-order valence-electron chi connectivity index (χ1n) is 5.76. The molecule has 2 aromatic rings. The van der Waals surface area contributed by atoms with E-state index in [1.807, 2.05) is 24.3 Å². The minimum absolute atomic E-state index is 0.0316. The average molecular weight is 226 g/mol. The van der Waals surface area contributed by atoms with Crippen LogP contribution < -0.4 is 5.32 Å². The number of fused-ring (bicyclic) bond motifs is 3. The predicted molar refractivity (Wildman–Crippen MR) is 67.1 cm³/mol. The van der Waals surface area contributed by atoms with Crippen LogP contribution in [0.3, 0.4) is 0 Å². The Bertz CT molecular complexity index is 598. The molecule has 0 saturated carbocycles. The van der Waals surface area contributed by atoms with Crippen molar-refractivity contribution >= 4 is 5.91 Å². The van der Waals surface area contributed by atoms with Gasteiger partial charge in [-0.3, -0.25) is 4.79 Å². The highest BCUT2D eigenvalue weighted by atomic mass is 16.1. The Hall–Kier alpha value is -2.03. The summed E-state index contributed by atoms with van der Waals surface area (Å²) in [7, 11) is 1.66. The summed E-state index contributed by atoms with van der Waals surface area (Å²) in [6.45, 7) is 2.13. The van der Waals surface area contributed by atoms with Crippen molar-refractivity contribution in [1.29, 1.82) is 0 Å². The molecule has 1 amide bonds. The number of benzene rings is 1. The average Bonchev–Trinajstić information content (AvgIpc) is 2.91. The summed E-state index contributed by atoms with van der Waals surface area (Å²) in [5, 5.41) is 2.68. The van der Waals surface area contributed by atoms with E-state index in [2.05, 4.69) is 28.9 Å². The number of hydrogen-bond donors (Lipinski definition) is 1. The Morgan fingerprint density at radius 2 is 2.00 bits per heavy atom. The van der Waals surface area contributed by atoms with Gasteiger partial charge in [0.2, 0.25) is 0 Å². The first-order valence-corrected chi connectivity index (χ1v) is 5.76. The number of rotatable bonds is 1. The second-order valence-electron chi connectivity index (χ2n) is 4.32. The molecule has 1 atom stereocenters. The zero-order valence-corrected chi connectivity index (χ0v) is 9.90. The smallest absolute Gasteiger partial charge is 0.267 e. The number of hydrogen-bond acceptors (Lipinski definition) is 1. The summed E-state index contributed by atoms with van der Waals surface area (Å²) >= 11 is 0. The van der Waals surface area contributed by atoms with E-state index in [0.717, 1.165) is 11.4 Å². The third-order valence-electron chi connectivity index (χ3n) is 3.45. The Kier molecular flexibility index (Phi) is 2.08. The molecule has 0 aliphatic carbocycles. The van der Waals surface area contributed by atoms with E-state index in [1.165, 1.54) is 11.1 Å². The van der Waals surface area contributed by atoms with Crippen molar-refractivity contribution in [2.45, 2.75) is 13.0 Å². The molecule has 0 bridgehead atoms. The molecule has 2 heterocycles. The van der Waals surface area contributed by atoms with Gasteiger partial charge < -0.3 is 9.88 Å². The number of carbonyl (C=O) groups excluding carboxylic acids is 1. The van der Waals surface area contributed by atoms with Crippen molar-refractivity contribution in [3.05, 3.63) is 47.7 Å². The van der Waals surface area contributed by atoms with Crippen LogP contribution in [0.25, 0.3) is 11.3 Å². The molecule has 0 radical (unpaired) electrons. The molecule has 0 saturated heterocycles. The molecule has 86 valence electrons. The topological polar surface area (TPSA) is 34.0 Å². The van der Waals surface area contributed by atoms with Crippen molar-refractivity contribution < 1.29 is 4.79 Å². The van der Waals surface area contributed by atoms with E-state index < -0.39 is 0 Å². The molecule has 1 aromatic heterocycles. The summed E-state index contributed by atoms with van der Waals surface area (Å²) in [4.78, 5) is 11.8. The molecular weight excluding hydrogens is 212 g/mol. The van der Waals surface area contributed by atoms with Gasteiger partial charge in [0.05, 0.1) is 6.04 Å². The maximum atomic E-state index is 11.8. The van der Waals surface area contributed by atoms with Gasteiger partial charge in [-0.2, -0.15) is 0 Å². The number of carbonyl (C=O) groups is 1. The SMILES string of the molecule is CNC(=O)c1ccc2n1[C@H](C)c1ccccc1-2. The minimum atomic E-state index is -0.0316. The molecule has 3 heteroatoms. The molecule has 3 rings (SSSR count). The van der Waals surface area contributed by atoms with Gasteiger partial charge >= 0.3 is 0 Å². The predicted octanol–water partition coefficient (Wildman–Crippen LogP) is 2.44. The quantitative estimate of drug-likeness (QED) is 0.796. The highest BCUT2D eigenvalue weighted by molar-refractivity contribution is 5.94. The van der Waals surface area contributed by atoms with E-state index in [1.54, 1.807) is 7.05 Å². The van der Waals surface area contributed by atoms with Gasteiger partial charge in [-0.15, -0.1) is 0 Å². The summed E-state index contributed by atoms with van der Waals surface area (Å²) in [6, 6.07) is 12.4. The molecule has 0 spiro atoms. The monoisotopic (exact) mass is 226 g/mol. The Morgan fingerprint density at radius 3 is 2.76 bits per heavy atom. The highest BCUT2D eigenvalue weighted by Gasteiger charge is 2.28. The van der Waals surface area contributed by atoms with E-state index >= 15 is 0 Å². The van der Waals surface area contributed by atoms with Gasteiger partial charge in [0.1, 0.15) is 5.69 Å². The van der Waals surface area contributed by atoms with Gasteiger partial charge in [0.15, 0.2) is 0 Å². The summed E-state index contributed by atoms with van der Waals surface area (Å²) in [5.74, 6) is -0.0316. The van der Waals surface area contributed by atoms with Crippen LogP contribution in [-0.4, -0.2) is 17.5 Å². The molecule has 1 aromatic carbocycles. The second-order valence-corrected chi connectivity index (χ2v) is 4.32. The Labute approximate surface area is 100 Å². The van der Waals surface area contributed by atoms with Gasteiger partial charge in [0, 0.05) is 18.3 Å². The molecule has 0 unspecified atom stereocenters. The van der Waals surface area contributed by atoms with Gasteiger partial charge in [0.25, 0.3) is 5.91 Å². The molecule has 1 aliphatic heterocycles. The van der Waals surface area contributed by atoms with Gasteiger partial charge in [-0.25, -0.2) is 0 Å². The summed E-state index contributed by atoms with van der Waals surface area (Å²) in [5.41, 5.74) is 4.38. The molecule has 1 N–H and O–H groups in total. The summed E-state index contributed by atoms with van der Waals surface area (Å²) in [6.07, 6.45) is 0. The highest BCUT2D eigenvalue weighted by Crippen LogP contribution is 2.40. The standard InChI is InChI=1S/C14H14N2O/c1-9-10-5-3-4-6-11(10)12-7-8-13(16(9)12)14(17)15-2/h3-9H,1-2H3,(H,15,17)/t9-/m1/s1. The van der Waals surface area contributed by atoms with E-state index in [0.29, 0.717) is 0 Å². The maximum Gasteiger partial charge on any atom is 0.267 e. The third-order valence-corrected chi connectivity index (χ3v) is 3.45. The van der Waals surface area contributed by atoms with Crippen LogP contribution in [-0.2, 0) is 0 Å². The van der Waals surface area contributed by atoms with E-state index in [9.17, 15) is 4.79 Å². The Balaban J connectivity index is 2.22. The van der Waals surface area contributed by atoms with Crippen molar-refractivity contribution in [2.24, 2.45) is 0 Å². The maximum absolute atomic E-state index is 11.8. The first kappa shape index (κ1) is 10.1. The van der Waals surface area contributed by atoms with Crippen molar-refractivity contribution in [1.82, 2.24) is 9.88 Å². The van der Waals surface area contributed by atoms with Crippen LogP contribution in [0.15, 0.2) is 36.4 Å². The molecule has 0 fully saturated rings. The van der Waals surface area contributed by atoms with Gasteiger partial charge in [-0.1, -0.05) is 24.3 Å². The fraction of sp³-hybridized carbons (Fsp3) is 0.214. The van der Waals surface area contributed by atoms with Gasteiger partial charge in [-0.05, 0) is 24.6 Å². The Morgan fingerprint density at radius 1 is 1.24 bits per heavy atom. The fourth-order valence-corrected chi connectivity index (χ4v) is 2.63. The number of aromatic nitrogens is 1. The van der Waals surface area contributed by atoms with E-state index in [4.69, 9.17) is 0 Å². The lowest BCUT2D eigenvalue weighted by atomic mass is 10.0. The first-order chi connectivity index (χ1) is 8.24. The van der Waals surface area contributed by atoms with Crippen LogP contribution in [0, 0.1) is 0 Å². The lowest BCUT2D eigenvalue weighted by Gasteiger charge is -2.12. The van der Waals surface area contributed by atoms with Crippen LogP contribution in [0.2, 0.25) is 0 Å². The van der Waals surface area contributed by atoms with Crippen LogP contribution in [0.4, 0.5) is 0 Å². The van der Waals surface area contributed by atoms with Crippen LogP contribution in [0.1, 0.15) is 29.0 Å². The molecule has 3 nitrogen and oxygen atoms in total. The number of nitrogens with one attached hydrogen (secondary N) is 1. The third kappa shape index (κ3) is 1.25. The molecule has 1 aliphatic rings. The minimum Gasteiger partial charge on any atom is -0.354 e. The zero-order valence-electron chi connectivity index (χ0n) is 9.90. The van der Waals surface area contributed by atoms with Crippen molar-refractivity contribution in [3.63, 3.8) is 0 Å². The molecular formula is C14H14N2O. The van der Waals surface area contributed by atoms with Crippen molar-refractivity contribution in [3.8, 4) is 11.3 Å². The summed E-state index contributed by atoms with van der Waals surface area (Å²) < 4.78 is 2.10.